The third kappa shape index (κ3) is 3.75. The molecule has 0 atom stereocenters. The molecule has 0 amide bonds. The zero-order valence-corrected chi connectivity index (χ0v) is 12.5. The average Bonchev–Trinajstić information content (AvgIpc) is 2.26. The standard InChI is InChI=1S/C13H18N2O2S2/c1-13(7-2-8-13)15-19(16,17)9-10-3-5-11(6-4-10)12(14)18/h3-6,15H,2,7-9H2,1H3,(H2,14,18). The van der Waals surface area contributed by atoms with Gasteiger partial charge in [-0.05, 0) is 31.7 Å². The summed E-state index contributed by atoms with van der Waals surface area (Å²) in [5, 5.41) is 0. The number of thiocarbonyl (C=S) groups is 1. The number of benzene rings is 1. The molecule has 0 saturated heterocycles. The van der Waals surface area contributed by atoms with Crippen molar-refractivity contribution < 1.29 is 8.42 Å². The van der Waals surface area contributed by atoms with Gasteiger partial charge in [0, 0.05) is 11.1 Å². The molecule has 4 nitrogen and oxygen atoms in total. The van der Waals surface area contributed by atoms with Gasteiger partial charge in [0.05, 0.1) is 5.75 Å². The van der Waals surface area contributed by atoms with Crippen LogP contribution in [0.3, 0.4) is 0 Å². The highest BCUT2D eigenvalue weighted by Gasteiger charge is 2.35. The summed E-state index contributed by atoms with van der Waals surface area (Å²) in [6, 6.07) is 6.99. The molecule has 0 spiro atoms. The predicted octanol–water partition coefficient (Wildman–Crippen LogP) is 1.68. The van der Waals surface area contributed by atoms with E-state index in [-0.39, 0.29) is 11.3 Å². The highest BCUT2D eigenvalue weighted by Crippen LogP contribution is 2.31. The molecule has 0 unspecified atom stereocenters. The summed E-state index contributed by atoms with van der Waals surface area (Å²) in [4.78, 5) is 0.314. The SMILES string of the molecule is CC1(NS(=O)(=O)Cc2ccc(C(N)=S)cc2)CCC1. The molecule has 1 aliphatic rings. The van der Waals surface area contributed by atoms with Crippen molar-refractivity contribution >= 4 is 27.2 Å². The maximum atomic E-state index is 12.1. The minimum Gasteiger partial charge on any atom is -0.389 e. The van der Waals surface area contributed by atoms with Crippen LogP contribution in [0.25, 0.3) is 0 Å². The van der Waals surface area contributed by atoms with Crippen molar-refractivity contribution in [2.45, 2.75) is 37.5 Å². The van der Waals surface area contributed by atoms with Crippen LogP contribution in [-0.4, -0.2) is 18.9 Å². The van der Waals surface area contributed by atoms with Crippen molar-refractivity contribution in [3.8, 4) is 0 Å². The second-order valence-electron chi connectivity index (χ2n) is 5.34. The quantitative estimate of drug-likeness (QED) is 0.811. The van der Waals surface area contributed by atoms with Crippen molar-refractivity contribution in [1.29, 1.82) is 0 Å². The Labute approximate surface area is 119 Å². The molecule has 1 saturated carbocycles. The van der Waals surface area contributed by atoms with Gasteiger partial charge in [0.2, 0.25) is 10.0 Å². The van der Waals surface area contributed by atoms with Gasteiger partial charge in [-0.3, -0.25) is 0 Å². The minimum atomic E-state index is -3.30. The molecule has 0 aliphatic heterocycles. The van der Waals surface area contributed by atoms with Crippen molar-refractivity contribution in [3.05, 3.63) is 35.4 Å². The van der Waals surface area contributed by atoms with E-state index in [0.717, 1.165) is 30.4 Å². The zero-order chi connectivity index (χ0) is 14.1. The van der Waals surface area contributed by atoms with E-state index in [1.807, 2.05) is 6.92 Å². The molecule has 0 aromatic heterocycles. The van der Waals surface area contributed by atoms with Gasteiger partial charge in [-0.1, -0.05) is 36.5 Å². The van der Waals surface area contributed by atoms with Crippen LogP contribution in [0.1, 0.15) is 37.3 Å². The van der Waals surface area contributed by atoms with Gasteiger partial charge < -0.3 is 5.73 Å². The van der Waals surface area contributed by atoms with Gasteiger partial charge >= 0.3 is 0 Å². The first-order valence-electron chi connectivity index (χ1n) is 6.20. The minimum absolute atomic E-state index is 0.0137. The Morgan fingerprint density at radius 3 is 2.37 bits per heavy atom. The van der Waals surface area contributed by atoms with Gasteiger partial charge in [-0.2, -0.15) is 0 Å². The van der Waals surface area contributed by atoms with Crippen LogP contribution in [0.15, 0.2) is 24.3 Å². The molecular weight excluding hydrogens is 280 g/mol. The van der Waals surface area contributed by atoms with Crippen LogP contribution >= 0.6 is 12.2 Å². The molecule has 3 N–H and O–H groups in total. The monoisotopic (exact) mass is 298 g/mol. The van der Waals surface area contributed by atoms with Crippen LogP contribution in [0.4, 0.5) is 0 Å². The topological polar surface area (TPSA) is 72.2 Å². The fourth-order valence-electron chi connectivity index (χ4n) is 2.21. The molecule has 19 heavy (non-hydrogen) atoms. The molecule has 0 heterocycles. The first kappa shape index (κ1) is 14.4. The highest BCUT2D eigenvalue weighted by molar-refractivity contribution is 7.88. The second-order valence-corrected chi connectivity index (χ2v) is 7.50. The van der Waals surface area contributed by atoms with Crippen LogP contribution in [0.2, 0.25) is 0 Å². The molecular formula is C13H18N2O2S2. The lowest BCUT2D eigenvalue weighted by molar-refractivity contribution is 0.248. The van der Waals surface area contributed by atoms with Crippen molar-refractivity contribution in [2.24, 2.45) is 5.73 Å². The third-order valence-electron chi connectivity index (χ3n) is 3.45. The molecule has 0 radical (unpaired) electrons. The maximum absolute atomic E-state index is 12.1. The summed E-state index contributed by atoms with van der Waals surface area (Å²) < 4.78 is 26.9. The number of rotatable bonds is 5. The van der Waals surface area contributed by atoms with E-state index in [1.165, 1.54) is 0 Å². The van der Waals surface area contributed by atoms with Crippen molar-refractivity contribution in [1.82, 2.24) is 4.72 Å². The second kappa shape index (κ2) is 5.19. The Kier molecular flexibility index (Phi) is 3.94. The van der Waals surface area contributed by atoms with E-state index in [2.05, 4.69) is 4.72 Å². The summed E-state index contributed by atoms with van der Waals surface area (Å²) in [5.74, 6) is -0.0137. The Balaban J connectivity index is 2.05. The van der Waals surface area contributed by atoms with Gasteiger partial charge in [0.25, 0.3) is 0 Å². The van der Waals surface area contributed by atoms with Gasteiger partial charge in [-0.15, -0.1) is 0 Å². The molecule has 1 aliphatic carbocycles. The maximum Gasteiger partial charge on any atom is 0.216 e. The number of nitrogens with two attached hydrogens (primary N) is 1. The molecule has 6 heteroatoms. The van der Waals surface area contributed by atoms with Crippen LogP contribution in [-0.2, 0) is 15.8 Å². The largest absolute Gasteiger partial charge is 0.389 e. The summed E-state index contributed by atoms with van der Waals surface area (Å²) in [6.45, 7) is 1.95. The van der Waals surface area contributed by atoms with E-state index in [0.29, 0.717) is 4.99 Å². The lowest BCUT2D eigenvalue weighted by atomic mass is 9.80. The van der Waals surface area contributed by atoms with Crippen LogP contribution in [0, 0.1) is 0 Å². The number of hydrogen-bond donors (Lipinski definition) is 2. The summed E-state index contributed by atoms with van der Waals surface area (Å²) in [6.07, 6.45) is 2.90. The number of nitrogens with one attached hydrogen (secondary N) is 1. The van der Waals surface area contributed by atoms with Crippen LogP contribution in [0.5, 0.6) is 0 Å². The number of hydrogen-bond acceptors (Lipinski definition) is 3. The molecule has 104 valence electrons. The fraction of sp³-hybridized carbons (Fsp3) is 0.462. The Morgan fingerprint density at radius 1 is 1.37 bits per heavy atom. The zero-order valence-electron chi connectivity index (χ0n) is 10.8. The Hall–Kier alpha value is -0.980. The molecule has 1 aromatic rings. The van der Waals surface area contributed by atoms with E-state index in [4.69, 9.17) is 18.0 Å². The van der Waals surface area contributed by atoms with Crippen molar-refractivity contribution in [3.63, 3.8) is 0 Å². The van der Waals surface area contributed by atoms with Gasteiger partial charge in [0.15, 0.2) is 0 Å². The highest BCUT2D eigenvalue weighted by atomic mass is 32.2. The Bertz CT molecular complexity index is 575. The normalized spacial score (nSPS) is 17.7. The van der Waals surface area contributed by atoms with E-state index in [1.54, 1.807) is 24.3 Å². The first-order valence-corrected chi connectivity index (χ1v) is 8.26. The summed E-state index contributed by atoms with van der Waals surface area (Å²) in [5.41, 5.74) is 6.73. The van der Waals surface area contributed by atoms with Crippen molar-refractivity contribution in [2.75, 3.05) is 0 Å². The first-order chi connectivity index (χ1) is 8.80. The van der Waals surface area contributed by atoms with E-state index in [9.17, 15) is 8.42 Å². The van der Waals surface area contributed by atoms with Gasteiger partial charge in [-0.25, -0.2) is 13.1 Å². The molecule has 0 bridgehead atoms. The van der Waals surface area contributed by atoms with Gasteiger partial charge in [0.1, 0.15) is 4.99 Å². The Morgan fingerprint density at radius 2 is 1.95 bits per heavy atom. The van der Waals surface area contributed by atoms with E-state index >= 15 is 0 Å². The smallest absolute Gasteiger partial charge is 0.216 e. The number of sulfonamides is 1. The molecule has 1 aromatic carbocycles. The fourth-order valence-corrected chi connectivity index (χ4v) is 4.00. The predicted molar refractivity (Wildman–Crippen MR) is 80.3 cm³/mol. The summed E-state index contributed by atoms with van der Waals surface area (Å²) in [7, 11) is -3.30. The molecule has 2 rings (SSSR count). The third-order valence-corrected chi connectivity index (χ3v) is 5.21. The van der Waals surface area contributed by atoms with Crippen LogP contribution < -0.4 is 10.5 Å². The lowest BCUT2D eigenvalue weighted by Crippen LogP contribution is -2.51. The van der Waals surface area contributed by atoms with E-state index < -0.39 is 10.0 Å². The lowest BCUT2D eigenvalue weighted by Gasteiger charge is -2.38. The summed E-state index contributed by atoms with van der Waals surface area (Å²) >= 11 is 4.86. The molecule has 1 fully saturated rings. The average molecular weight is 298 g/mol.